The molecule has 0 radical (unpaired) electrons. The van der Waals surface area contributed by atoms with Gasteiger partial charge in [0.25, 0.3) is 0 Å². The molecule has 3 heteroatoms. The molecule has 1 aromatic rings. The largest absolute Gasteiger partial charge is 0.359 e. The van der Waals surface area contributed by atoms with Gasteiger partial charge in [0.1, 0.15) is 0 Å². The molecule has 1 aromatic carbocycles. The average molecular weight is 257 g/mol. The van der Waals surface area contributed by atoms with Crippen molar-refractivity contribution in [2.45, 2.75) is 19.6 Å². The van der Waals surface area contributed by atoms with Gasteiger partial charge in [-0.3, -0.25) is 0 Å². The summed E-state index contributed by atoms with van der Waals surface area (Å²) in [4.78, 5) is 0. The number of anilines is 1. The minimum absolute atomic E-state index is 0.0949. The van der Waals surface area contributed by atoms with Crippen molar-refractivity contribution in [2.75, 3.05) is 18.5 Å². The quantitative estimate of drug-likeness (QED) is 0.901. The van der Waals surface area contributed by atoms with Crippen molar-refractivity contribution in [1.29, 1.82) is 0 Å². The lowest BCUT2D eigenvalue weighted by atomic mass is 9.81. The summed E-state index contributed by atoms with van der Waals surface area (Å²) in [5.41, 5.74) is 2.21. The fourth-order valence-electron chi connectivity index (χ4n) is 2.61. The van der Waals surface area contributed by atoms with Crippen molar-refractivity contribution in [1.82, 2.24) is 0 Å². The van der Waals surface area contributed by atoms with Gasteiger partial charge in [0.15, 0.2) is 6.29 Å². The molecule has 1 aliphatic heterocycles. The summed E-state index contributed by atoms with van der Waals surface area (Å²) in [7, 11) is 0. The number of nitrogens with one attached hydrogen (secondary N) is 1. The van der Waals surface area contributed by atoms with Crippen LogP contribution in [0, 0.1) is 5.41 Å². The third kappa shape index (κ3) is 2.72. The molecular formula is C16H19NO2. The summed E-state index contributed by atoms with van der Waals surface area (Å²) in [5.74, 6) is 0. The van der Waals surface area contributed by atoms with Crippen molar-refractivity contribution in [2.24, 2.45) is 5.41 Å². The van der Waals surface area contributed by atoms with Crippen molar-refractivity contribution in [3.05, 3.63) is 54.3 Å². The number of benzene rings is 1. The molecule has 0 aromatic heterocycles. The van der Waals surface area contributed by atoms with Crippen LogP contribution in [0.3, 0.4) is 0 Å². The molecule has 0 bridgehead atoms. The minimum atomic E-state index is -0.134. The van der Waals surface area contributed by atoms with Gasteiger partial charge in [-0.2, -0.15) is 0 Å². The molecule has 1 aliphatic carbocycles. The lowest BCUT2D eigenvalue weighted by Gasteiger charge is -2.34. The maximum Gasteiger partial charge on any atom is 0.166 e. The number of rotatable bonds is 3. The summed E-state index contributed by atoms with van der Waals surface area (Å²) >= 11 is 0. The Hall–Kier alpha value is -1.58. The maximum absolute atomic E-state index is 5.67. The Morgan fingerprint density at radius 1 is 1.16 bits per heavy atom. The SMILES string of the molecule is CC1(C2OCCO2)C=CC=C(Nc2ccccc2)C1. The molecule has 1 atom stereocenters. The summed E-state index contributed by atoms with van der Waals surface area (Å²) in [5, 5.41) is 3.46. The molecule has 1 heterocycles. The lowest BCUT2D eigenvalue weighted by Crippen LogP contribution is -2.33. The van der Waals surface area contributed by atoms with Crippen LogP contribution in [0.5, 0.6) is 0 Å². The predicted molar refractivity (Wildman–Crippen MR) is 75.7 cm³/mol. The van der Waals surface area contributed by atoms with Gasteiger partial charge in [-0.1, -0.05) is 37.3 Å². The van der Waals surface area contributed by atoms with E-state index in [1.165, 1.54) is 5.70 Å². The Bertz CT molecular complexity index is 489. The monoisotopic (exact) mass is 257 g/mol. The third-order valence-corrected chi connectivity index (χ3v) is 3.58. The maximum atomic E-state index is 5.67. The van der Waals surface area contributed by atoms with Gasteiger partial charge in [0.2, 0.25) is 0 Å². The highest BCUT2D eigenvalue weighted by Crippen LogP contribution is 2.38. The smallest absolute Gasteiger partial charge is 0.166 e. The molecule has 3 rings (SSSR count). The second kappa shape index (κ2) is 5.19. The second-order valence-corrected chi connectivity index (χ2v) is 5.30. The van der Waals surface area contributed by atoms with Crippen molar-refractivity contribution in [3.63, 3.8) is 0 Å². The van der Waals surface area contributed by atoms with Crippen molar-refractivity contribution < 1.29 is 9.47 Å². The Morgan fingerprint density at radius 3 is 2.63 bits per heavy atom. The molecule has 3 nitrogen and oxygen atoms in total. The number of para-hydroxylation sites is 1. The normalized spacial score (nSPS) is 27.3. The number of hydrogen-bond donors (Lipinski definition) is 1. The molecule has 1 N–H and O–H groups in total. The number of ether oxygens (including phenoxy) is 2. The van der Waals surface area contributed by atoms with Crippen LogP contribution >= 0.6 is 0 Å². The molecule has 1 saturated heterocycles. The van der Waals surface area contributed by atoms with E-state index in [1.54, 1.807) is 0 Å². The van der Waals surface area contributed by atoms with Crippen LogP contribution in [0.2, 0.25) is 0 Å². The first-order valence-corrected chi connectivity index (χ1v) is 6.70. The first kappa shape index (κ1) is 12.5. The van der Waals surface area contributed by atoms with E-state index in [-0.39, 0.29) is 11.7 Å². The summed E-state index contributed by atoms with van der Waals surface area (Å²) < 4.78 is 11.3. The van der Waals surface area contributed by atoms with Gasteiger partial charge in [-0.25, -0.2) is 0 Å². The third-order valence-electron chi connectivity index (χ3n) is 3.58. The van der Waals surface area contributed by atoms with Crippen LogP contribution in [-0.4, -0.2) is 19.5 Å². The minimum Gasteiger partial charge on any atom is -0.359 e. The molecule has 0 amide bonds. The van der Waals surface area contributed by atoms with Crippen LogP contribution < -0.4 is 5.32 Å². The van der Waals surface area contributed by atoms with Gasteiger partial charge >= 0.3 is 0 Å². The fraction of sp³-hybridized carbons (Fsp3) is 0.375. The van der Waals surface area contributed by atoms with E-state index in [0.29, 0.717) is 13.2 Å². The predicted octanol–water partition coefficient (Wildman–Crippen LogP) is 3.32. The Kier molecular flexibility index (Phi) is 3.40. The fourth-order valence-corrected chi connectivity index (χ4v) is 2.61. The van der Waals surface area contributed by atoms with Crippen LogP contribution in [0.4, 0.5) is 5.69 Å². The van der Waals surface area contributed by atoms with Gasteiger partial charge in [0, 0.05) is 23.2 Å². The van der Waals surface area contributed by atoms with Crippen molar-refractivity contribution >= 4 is 5.69 Å². The van der Waals surface area contributed by atoms with Crippen LogP contribution in [0.1, 0.15) is 13.3 Å². The highest BCUT2D eigenvalue weighted by Gasteiger charge is 2.38. The van der Waals surface area contributed by atoms with Gasteiger partial charge in [0.05, 0.1) is 13.2 Å². The standard InChI is InChI=1S/C16H19NO2/c1-16(15-18-10-11-19-15)9-5-8-14(12-16)17-13-6-3-2-4-7-13/h2-9,15,17H,10-12H2,1H3. The summed E-state index contributed by atoms with van der Waals surface area (Å²) in [6, 6.07) is 10.2. The average Bonchev–Trinajstić information content (AvgIpc) is 2.95. The van der Waals surface area contributed by atoms with Gasteiger partial charge < -0.3 is 14.8 Å². The lowest BCUT2D eigenvalue weighted by molar-refractivity contribution is -0.107. The van der Waals surface area contributed by atoms with E-state index >= 15 is 0 Å². The zero-order valence-electron chi connectivity index (χ0n) is 11.1. The molecule has 1 unspecified atom stereocenters. The van der Waals surface area contributed by atoms with Crippen molar-refractivity contribution in [3.8, 4) is 0 Å². The van der Waals surface area contributed by atoms with Crippen LogP contribution in [0.15, 0.2) is 54.3 Å². The Balaban J connectivity index is 1.71. The van der Waals surface area contributed by atoms with E-state index < -0.39 is 0 Å². The van der Waals surface area contributed by atoms with E-state index in [9.17, 15) is 0 Å². The zero-order valence-corrected chi connectivity index (χ0v) is 11.1. The summed E-state index contributed by atoms with van der Waals surface area (Å²) in [6.07, 6.45) is 7.14. The first-order chi connectivity index (χ1) is 9.26. The van der Waals surface area contributed by atoms with Crippen LogP contribution in [0.25, 0.3) is 0 Å². The first-order valence-electron chi connectivity index (χ1n) is 6.70. The summed E-state index contributed by atoms with van der Waals surface area (Å²) in [6.45, 7) is 3.57. The van der Waals surface area contributed by atoms with E-state index in [4.69, 9.17) is 9.47 Å². The topological polar surface area (TPSA) is 30.5 Å². The highest BCUT2D eigenvalue weighted by atomic mass is 16.7. The highest BCUT2D eigenvalue weighted by molar-refractivity contribution is 5.49. The van der Waals surface area contributed by atoms with Gasteiger partial charge in [-0.05, 0) is 18.2 Å². The van der Waals surface area contributed by atoms with E-state index in [2.05, 4.69) is 42.6 Å². The molecule has 0 spiro atoms. The molecular weight excluding hydrogens is 238 g/mol. The molecule has 2 aliphatic rings. The molecule has 0 saturated carbocycles. The van der Waals surface area contributed by atoms with E-state index in [1.807, 2.05) is 18.2 Å². The molecule has 19 heavy (non-hydrogen) atoms. The van der Waals surface area contributed by atoms with Gasteiger partial charge in [-0.15, -0.1) is 0 Å². The number of allylic oxidation sites excluding steroid dienone is 3. The van der Waals surface area contributed by atoms with E-state index in [0.717, 1.165) is 12.1 Å². The Morgan fingerprint density at radius 2 is 1.89 bits per heavy atom. The second-order valence-electron chi connectivity index (χ2n) is 5.30. The molecule has 100 valence electrons. The zero-order chi connectivity index (χ0) is 13.1. The molecule has 1 fully saturated rings. The Labute approximate surface area is 113 Å². The van der Waals surface area contributed by atoms with Crippen LogP contribution in [-0.2, 0) is 9.47 Å². The number of hydrogen-bond acceptors (Lipinski definition) is 3.